The molecule has 94 valence electrons. The molecule has 0 aliphatic rings. The normalized spacial score (nSPS) is 13.1. The predicted molar refractivity (Wildman–Crippen MR) is 65.3 cm³/mol. The molecule has 0 radical (unpaired) electrons. The van der Waals surface area contributed by atoms with Crippen LogP contribution in [0.4, 0.5) is 0 Å². The van der Waals surface area contributed by atoms with Crippen molar-refractivity contribution in [3.63, 3.8) is 0 Å². The van der Waals surface area contributed by atoms with Crippen molar-refractivity contribution in [2.45, 2.75) is 18.6 Å². The number of nitrogens with one attached hydrogen (secondary N) is 1. The Hall–Kier alpha value is -1.43. The van der Waals surface area contributed by atoms with Gasteiger partial charge < -0.3 is 5.32 Å². The van der Waals surface area contributed by atoms with Gasteiger partial charge in [0.15, 0.2) is 9.84 Å². The second kappa shape index (κ2) is 5.77. The average molecular weight is 256 g/mol. The van der Waals surface area contributed by atoms with Crippen molar-refractivity contribution < 1.29 is 13.2 Å². The van der Waals surface area contributed by atoms with Gasteiger partial charge in [0.05, 0.1) is 0 Å². The van der Waals surface area contributed by atoms with E-state index in [-0.39, 0.29) is 0 Å². The Kier molecular flexibility index (Phi) is 4.62. The van der Waals surface area contributed by atoms with Crippen LogP contribution in [0, 0.1) is 0 Å². The van der Waals surface area contributed by atoms with Crippen molar-refractivity contribution in [2.24, 2.45) is 0 Å². The van der Waals surface area contributed by atoms with Crippen molar-refractivity contribution in [1.82, 2.24) is 10.3 Å². The molecule has 1 aromatic heterocycles. The average Bonchev–Trinajstić information content (AvgIpc) is 2.28. The molecule has 1 atom stereocenters. The van der Waals surface area contributed by atoms with Crippen LogP contribution in [0.1, 0.15) is 12.6 Å². The summed E-state index contributed by atoms with van der Waals surface area (Å²) in [7, 11) is -3.32. The van der Waals surface area contributed by atoms with E-state index in [1.54, 1.807) is 6.20 Å². The molecule has 1 heterocycles. The smallest absolute Gasteiger partial charge is 0.238 e. The Morgan fingerprint density at radius 2 is 2.18 bits per heavy atom. The van der Waals surface area contributed by atoms with Crippen LogP contribution >= 0.6 is 0 Å². The van der Waals surface area contributed by atoms with E-state index in [1.807, 2.05) is 18.2 Å². The number of hydrogen-bond donors (Lipinski definition) is 1. The lowest BCUT2D eigenvalue weighted by molar-refractivity contribution is -0.120. The molecule has 0 aliphatic heterocycles. The molecule has 17 heavy (non-hydrogen) atoms. The minimum atomic E-state index is -3.32. The molecule has 1 aromatic rings. The molecule has 0 spiro atoms. The predicted octanol–water partition coefficient (Wildman–Crippen LogP) is 0.173. The first-order valence-corrected chi connectivity index (χ1v) is 7.23. The Bertz CT molecular complexity index is 471. The summed E-state index contributed by atoms with van der Waals surface area (Å²) in [4.78, 5) is 15.6. The van der Waals surface area contributed by atoms with E-state index in [1.165, 1.54) is 6.92 Å². The molecule has 1 rings (SSSR count). The van der Waals surface area contributed by atoms with Crippen molar-refractivity contribution in [3.8, 4) is 0 Å². The van der Waals surface area contributed by atoms with Gasteiger partial charge in [0.2, 0.25) is 5.91 Å². The van der Waals surface area contributed by atoms with E-state index in [0.29, 0.717) is 13.0 Å². The van der Waals surface area contributed by atoms with Crippen molar-refractivity contribution in [1.29, 1.82) is 0 Å². The third-order valence-corrected chi connectivity index (χ3v) is 3.92. The minimum Gasteiger partial charge on any atom is -0.355 e. The number of aromatic nitrogens is 1. The molecule has 0 aromatic carbocycles. The second-order valence-corrected chi connectivity index (χ2v) is 6.20. The number of pyridine rings is 1. The summed E-state index contributed by atoms with van der Waals surface area (Å²) < 4.78 is 22.3. The van der Waals surface area contributed by atoms with E-state index < -0.39 is 21.0 Å². The van der Waals surface area contributed by atoms with Gasteiger partial charge in [-0.1, -0.05) is 6.07 Å². The third-order valence-electron chi connectivity index (χ3n) is 2.42. The summed E-state index contributed by atoms with van der Waals surface area (Å²) in [6, 6.07) is 5.53. The zero-order valence-corrected chi connectivity index (χ0v) is 10.7. The first-order chi connectivity index (χ1) is 7.91. The minimum absolute atomic E-state index is 0.385. The summed E-state index contributed by atoms with van der Waals surface area (Å²) in [5, 5.41) is 1.57. The molecule has 1 amide bonds. The quantitative estimate of drug-likeness (QED) is 0.815. The number of carbonyl (C=O) groups is 1. The molecule has 0 bridgehead atoms. The van der Waals surface area contributed by atoms with Gasteiger partial charge in [-0.15, -0.1) is 0 Å². The highest BCUT2D eigenvalue weighted by molar-refractivity contribution is 7.92. The van der Waals surface area contributed by atoms with Gasteiger partial charge in [-0.3, -0.25) is 9.78 Å². The zero-order chi connectivity index (χ0) is 12.9. The number of sulfone groups is 1. The molecular weight excluding hydrogens is 240 g/mol. The van der Waals surface area contributed by atoms with E-state index in [2.05, 4.69) is 10.3 Å². The first-order valence-electron chi connectivity index (χ1n) is 5.28. The number of rotatable bonds is 5. The highest BCUT2D eigenvalue weighted by Gasteiger charge is 2.22. The van der Waals surface area contributed by atoms with E-state index in [0.717, 1.165) is 11.9 Å². The number of nitrogens with zero attached hydrogens (tertiary/aromatic N) is 1. The maximum Gasteiger partial charge on any atom is 0.238 e. The lowest BCUT2D eigenvalue weighted by Gasteiger charge is -2.09. The maximum absolute atomic E-state index is 11.5. The van der Waals surface area contributed by atoms with Crippen LogP contribution in [-0.4, -0.2) is 37.4 Å². The summed E-state index contributed by atoms with van der Waals surface area (Å²) in [6.07, 6.45) is 3.31. The Balaban J connectivity index is 2.40. The van der Waals surface area contributed by atoms with Gasteiger partial charge in [0.1, 0.15) is 5.25 Å². The maximum atomic E-state index is 11.5. The van der Waals surface area contributed by atoms with Crippen LogP contribution in [0.25, 0.3) is 0 Å². The fraction of sp³-hybridized carbons (Fsp3) is 0.455. The van der Waals surface area contributed by atoms with Crippen LogP contribution in [0.15, 0.2) is 24.4 Å². The monoisotopic (exact) mass is 256 g/mol. The topological polar surface area (TPSA) is 76.1 Å². The van der Waals surface area contributed by atoms with Gasteiger partial charge in [0.25, 0.3) is 0 Å². The lowest BCUT2D eigenvalue weighted by atomic mass is 10.2. The molecule has 1 N–H and O–H groups in total. The molecule has 0 saturated carbocycles. The van der Waals surface area contributed by atoms with Gasteiger partial charge >= 0.3 is 0 Å². The molecule has 6 heteroatoms. The lowest BCUT2D eigenvalue weighted by Crippen LogP contribution is -2.38. The fourth-order valence-electron chi connectivity index (χ4n) is 1.20. The van der Waals surface area contributed by atoms with Crippen molar-refractivity contribution >= 4 is 15.7 Å². The Labute approximate surface area is 101 Å². The van der Waals surface area contributed by atoms with Gasteiger partial charge in [-0.25, -0.2) is 8.42 Å². The van der Waals surface area contributed by atoms with Gasteiger partial charge in [-0.2, -0.15) is 0 Å². The molecule has 0 fully saturated rings. The molecule has 0 unspecified atom stereocenters. The Morgan fingerprint density at radius 1 is 1.47 bits per heavy atom. The standard InChI is InChI=1S/C11H16N2O3S/c1-9(17(2,15)16)11(14)13-8-6-10-5-3-4-7-12-10/h3-5,7,9H,6,8H2,1-2H3,(H,13,14)/t9-/m1/s1. The summed E-state index contributed by atoms with van der Waals surface area (Å²) >= 11 is 0. The SMILES string of the molecule is C[C@H](C(=O)NCCc1ccccn1)S(C)(=O)=O. The Morgan fingerprint density at radius 3 is 2.71 bits per heavy atom. The summed E-state index contributed by atoms with van der Waals surface area (Å²) in [5.74, 6) is -0.469. The molecule has 0 saturated heterocycles. The summed E-state index contributed by atoms with van der Waals surface area (Å²) in [5.41, 5.74) is 0.861. The van der Waals surface area contributed by atoms with Crippen molar-refractivity contribution in [3.05, 3.63) is 30.1 Å². The van der Waals surface area contributed by atoms with Crippen LogP contribution in [0.5, 0.6) is 0 Å². The largest absolute Gasteiger partial charge is 0.355 e. The van der Waals surface area contributed by atoms with Gasteiger partial charge in [-0.05, 0) is 19.1 Å². The zero-order valence-electron chi connectivity index (χ0n) is 9.88. The number of carbonyl (C=O) groups excluding carboxylic acids is 1. The van der Waals surface area contributed by atoms with Crippen LogP contribution in [-0.2, 0) is 21.1 Å². The number of amides is 1. The first kappa shape index (κ1) is 13.6. The second-order valence-electron chi connectivity index (χ2n) is 3.83. The third kappa shape index (κ3) is 4.52. The fourth-order valence-corrected chi connectivity index (χ4v) is 1.67. The van der Waals surface area contributed by atoms with Crippen molar-refractivity contribution in [2.75, 3.05) is 12.8 Å². The van der Waals surface area contributed by atoms with Crippen LogP contribution in [0.3, 0.4) is 0 Å². The number of hydrogen-bond acceptors (Lipinski definition) is 4. The molecular formula is C11H16N2O3S. The highest BCUT2D eigenvalue weighted by atomic mass is 32.2. The molecule has 0 aliphatic carbocycles. The highest BCUT2D eigenvalue weighted by Crippen LogP contribution is 1.98. The molecule has 5 nitrogen and oxygen atoms in total. The summed E-state index contributed by atoms with van der Waals surface area (Å²) in [6.45, 7) is 1.77. The van der Waals surface area contributed by atoms with E-state index in [4.69, 9.17) is 0 Å². The van der Waals surface area contributed by atoms with E-state index in [9.17, 15) is 13.2 Å². The van der Waals surface area contributed by atoms with Crippen LogP contribution < -0.4 is 5.32 Å². The van der Waals surface area contributed by atoms with Gasteiger partial charge in [0, 0.05) is 31.1 Å². The van der Waals surface area contributed by atoms with Crippen LogP contribution in [0.2, 0.25) is 0 Å². The van der Waals surface area contributed by atoms with E-state index >= 15 is 0 Å².